The van der Waals surface area contributed by atoms with Gasteiger partial charge in [-0.15, -0.1) is 0 Å². The predicted octanol–water partition coefficient (Wildman–Crippen LogP) is 7.27. The molecule has 0 spiro atoms. The van der Waals surface area contributed by atoms with Crippen molar-refractivity contribution in [2.24, 2.45) is 53.1 Å². The third-order valence-electron chi connectivity index (χ3n) is 26.4. The SMILES string of the molecule is CC[C@H](CC(C)C)C(=O)N[C@H]1C(=O)C[C@@H](CC(=O)NC(=O)c2cc(COCCNC)cc(OCCNC)c2)C(=O)N[C@H]2C(=O)C[C@H]3C(=O)N[C@H](C(=O)N[C@H](C(=O)CC4C5CC6CC(C5)CC4C6)c4cc(O)cc(O)c4-c4cc3ccc4O)[C@H](O)c3ccc(c(Cl)c3)Oc3cc2cc(c3O[C@@H]2O[C@H](CO)[C@@H](O)[C@H](O)[C@H]2O[C@H]2C[C@](C)(N)[C@H](O)[C@H](C)O2)Oc2ccc(cc2Cl)[C@H]1O. The number of amides is 6. The minimum Gasteiger partial charge on any atom is -0.508 e. The molecule has 17 rings (SSSR count). The highest BCUT2D eigenvalue weighted by atomic mass is 35.5. The Morgan fingerprint density at radius 1 is 0.685 bits per heavy atom. The Morgan fingerprint density at radius 3 is 1.97 bits per heavy atom. The van der Waals surface area contributed by atoms with Crippen LogP contribution in [0.4, 0.5) is 0 Å². The molecular formula is C94H114Cl2N8O26. The first-order valence-electron chi connectivity index (χ1n) is 44.2. The van der Waals surface area contributed by atoms with E-state index < -0.39 is 228 Å². The number of nitrogens with two attached hydrogens (primary N) is 1. The van der Waals surface area contributed by atoms with Gasteiger partial charge in [-0.05, 0) is 215 Å². The second-order valence-electron chi connectivity index (χ2n) is 36.4. The molecule has 18 atom stereocenters. The van der Waals surface area contributed by atoms with Crippen molar-refractivity contribution in [2.45, 2.75) is 215 Å². The Labute approximate surface area is 760 Å². The predicted molar refractivity (Wildman–Crippen MR) is 468 cm³/mol. The molecule has 7 aliphatic heterocycles. The van der Waals surface area contributed by atoms with Crippen molar-refractivity contribution >= 4 is 76.0 Å². The number of likely N-dealkylation sites (N-methyl/N-ethyl adjacent to an activating group) is 2. The zero-order valence-corrected chi connectivity index (χ0v) is 74.6. The lowest BCUT2D eigenvalue weighted by atomic mass is 9.51. The Balaban J connectivity index is 0.963. The molecule has 18 N–H and O–H groups in total. The lowest BCUT2D eigenvalue weighted by Crippen LogP contribution is -2.64. The van der Waals surface area contributed by atoms with Gasteiger partial charge in [-0.3, -0.25) is 48.5 Å². The molecule has 0 aromatic heterocycles. The van der Waals surface area contributed by atoms with Gasteiger partial charge in [-0.2, -0.15) is 0 Å². The summed E-state index contributed by atoms with van der Waals surface area (Å²) in [6, 6.07) is 11.5. The van der Waals surface area contributed by atoms with E-state index in [-0.39, 0.29) is 129 Å². The molecule has 15 bridgehead atoms. The Kier molecular flexibility index (Phi) is 30.3. The number of aliphatic hydroxyl groups is 6. The maximum Gasteiger partial charge on any atom is 0.257 e. The van der Waals surface area contributed by atoms with Gasteiger partial charge in [-0.25, -0.2) is 0 Å². The Morgan fingerprint density at radius 2 is 1.34 bits per heavy atom. The number of carbonyl (C=O) groups excluding carboxylic acids is 9. The number of halogens is 2. The number of benzene rings is 6. The van der Waals surface area contributed by atoms with E-state index in [0.717, 1.165) is 62.4 Å². The number of carbonyl (C=O) groups is 9. The third-order valence-corrected chi connectivity index (χ3v) is 27.0. The van der Waals surface area contributed by atoms with Gasteiger partial charge >= 0.3 is 0 Å². The summed E-state index contributed by atoms with van der Waals surface area (Å²) in [6.07, 6.45) is -15.8. The average Bonchev–Trinajstić information content (AvgIpc) is 0.754. The van der Waals surface area contributed by atoms with Crippen LogP contribution in [0.5, 0.6) is 51.7 Å². The highest BCUT2D eigenvalue weighted by Gasteiger charge is 2.53. The normalized spacial score (nSPS) is 29.8. The zero-order chi connectivity index (χ0) is 93.2. The molecule has 700 valence electrons. The van der Waals surface area contributed by atoms with E-state index in [9.17, 15) is 55.5 Å². The van der Waals surface area contributed by atoms with E-state index >= 15 is 33.6 Å². The summed E-state index contributed by atoms with van der Waals surface area (Å²) in [4.78, 5) is 142. The molecule has 34 nitrogen and oxygen atoms in total. The second kappa shape index (κ2) is 41.0. The summed E-state index contributed by atoms with van der Waals surface area (Å²) < 4.78 is 51.2. The number of phenols is 3. The van der Waals surface area contributed by atoms with Gasteiger partial charge in [0.2, 0.25) is 41.6 Å². The molecule has 2 saturated heterocycles. The van der Waals surface area contributed by atoms with Crippen molar-refractivity contribution in [2.75, 3.05) is 47.0 Å². The van der Waals surface area contributed by atoms with Crippen molar-refractivity contribution < 1.29 is 127 Å². The molecule has 6 aromatic rings. The highest BCUT2D eigenvalue weighted by Crippen LogP contribution is 2.59. The van der Waals surface area contributed by atoms with Crippen LogP contribution in [0.3, 0.4) is 0 Å². The highest BCUT2D eigenvalue weighted by molar-refractivity contribution is 6.32. The topological polar surface area (TPSA) is 520 Å². The minimum atomic E-state index is -2.28. The summed E-state index contributed by atoms with van der Waals surface area (Å²) in [7, 11) is 3.45. The molecule has 0 radical (unpaired) electrons. The van der Waals surface area contributed by atoms with Crippen LogP contribution in [-0.2, 0) is 63.9 Å². The molecule has 6 fully saturated rings. The number of phenolic OH excluding ortho intramolecular Hbond substituents is 3. The molecule has 11 aliphatic rings. The summed E-state index contributed by atoms with van der Waals surface area (Å²) >= 11 is 14.6. The molecule has 6 amide bonds. The molecule has 4 aliphatic carbocycles. The number of hydrogen-bond donors (Lipinski definition) is 17. The fourth-order valence-electron chi connectivity index (χ4n) is 19.8. The smallest absolute Gasteiger partial charge is 0.257 e. The van der Waals surface area contributed by atoms with Crippen LogP contribution in [0.15, 0.2) is 97.1 Å². The van der Waals surface area contributed by atoms with Crippen LogP contribution in [-0.4, -0.2) is 213 Å². The van der Waals surface area contributed by atoms with Crippen molar-refractivity contribution in [3.05, 3.63) is 146 Å². The molecule has 130 heavy (non-hydrogen) atoms. The summed E-state index contributed by atoms with van der Waals surface area (Å²) in [5.74, 6) is -17.3. The van der Waals surface area contributed by atoms with Gasteiger partial charge in [0.25, 0.3) is 5.91 Å². The second-order valence-corrected chi connectivity index (χ2v) is 37.2. The monoisotopic (exact) mass is 1840 g/mol. The molecule has 6 aromatic carbocycles. The zero-order valence-electron chi connectivity index (χ0n) is 73.0. The number of fused-ring (bicyclic) bond motifs is 15. The quantitative estimate of drug-likeness (QED) is 0.0250. The fraction of sp³-hybridized carbons (Fsp3) is 0.521. The lowest BCUT2D eigenvalue weighted by Gasteiger charge is -2.54. The van der Waals surface area contributed by atoms with Crippen LogP contribution in [0.2, 0.25) is 10.0 Å². The van der Waals surface area contributed by atoms with Crippen molar-refractivity contribution in [3.63, 3.8) is 0 Å². The average molecular weight is 1840 g/mol. The van der Waals surface area contributed by atoms with E-state index in [4.69, 9.17) is 66.8 Å². The van der Waals surface area contributed by atoms with Crippen LogP contribution < -0.4 is 61.9 Å². The number of aromatic hydroxyl groups is 3. The molecule has 0 unspecified atom stereocenters. The van der Waals surface area contributed by atoms with E-state index in [0.29, 0.717) is 36.9 Å². The first kappa shape index (κ1) is 96.1. The lowest BCUT2D eigenvalue weighted by molar-refractivity contribution is -0.333. The number of ketones is 3. The number of imide groups is 1. The molecule has 7 heterocycles. The largest absolute Gasteiger partial charge is 0.508 e. The summed E-state index contributed by atoms with van der Waals surface area (Å²) in [5, 5.41) is 126. The first-order valence-corrected chi connectivity index (χ1v) is 45.0. The number of ether oxygens (including phenoxy) is 8. The van der Waals surface area contributed by atoms with Crippen molar-refractivity contribution in [3.8, 4) is 62.9 Å². The van der Waals surface area contributed by atoms with E-state index in [1.54, 1.807) is 27.1 Å². The maximum absolute atomic E-state index is 16.9. The Bertz CT molecular complexity index is 5220. The minimum absolute atomic E-state index is 0.0156. The number of Topliss-reactive ketones (excluding diaryl/α,β-unsaturated/α-hetero) is 3. The van der Waals surface area contributed by atoms with Gasteiger partial charge in [0.15, 0.2) is 41.2 Å². The molecule has 36 heteroatoms. The standard InChI is InChI=1S/C94H114Cl2N8O26/c1-8-47(19-42(2)3)88(118)103-79-66(109)31-55(34-74(112)100-89(119)54-25-46(41-123-17-15-98-6)26-57(27-54)124-18-16-99-7)90(120)101-77-53-32-71(126-69-13-10-49(81(79)113)29-62(69)95)85(130-93-86(84(116)83(115)73(40-105)128-93)129-75-39-94(5,97)87(117)43(4)125-75)72(33-53)127-70-14-11-50(30-63(70)96)82(114)80-92(122)102-78(68(111)37-58-51-21-44-20-45(23-51)24-52(58)22-44)61-35-56(106)36-65(108)76(61)60-28-48(9-12-64(60)107)59(38-67(77)110)91(121)104-80/h9-14,25-30,32-33,35-36,42-45,47,51-52,55,58-59,73,75,77-84,86-87,93,98-99,105-108,113-117H,8,15-24,31,34,37-41,97H2,1-7H3,(H,101,120)(H,102,122)(H,103,118)(H,104,121)(H,100,112,119)/t43-,44?,45?,47+,51?,52?,55-,58?,59+,73+,75-,77+,78-,79-,80-,81+,82+,83+,84-,86+,87+,93-,94-/m0/s1. The summed E-state index contributed by atoms with van der Waals surface area (Å²) in [6.45, 7) is 8.83. The molecule has 4 saturated carbocycles. The Hall–Kier alpha value is -9.99. The van der Waals surface area contributed by atoms with Gasteiger partial charge in [0.05, 0.1) is 53.9 Å². The van der Waals surface area contributed by atoms with E-state index in [1.807, 2.05) is 13.8 Å². The number of hydrogen-bond acceptors (Lipinski definition) is 29. The van der Waals surface area contributed by atoms with Crippen LogP contribution in [0.25, 0.3) is 11.1 Å². The maximum atomic E-state index is 16.9. The van der Waals surface area contributed by atoms with Crippen molar-refractivity contribution in [1.29, 1.82) is 0 Å². The van der Waals surface area contributed by atoms with Crippen LogP contribution >= 0.6 is 23.2 Å². The molecular weight excluding hydrogens is 1730 g/mol. The van der Waals surface area contributed by atoms with Gasteiger partial charge in [0.1, 0.15) is 95.8 Å². The first-order chi connectivity index (χ1) is 62.0. The van der Waals surface area contributed by atoms with E-state index in [2.05, 4.69) is 37.2 Å². The third kappa shape index (κ3) is 21.4. The number of rotatable bonds is 25. The van der Waals surface area contributed by atoms with Crippen LogP contribution in [0.1, 0.15) is 186 Å². The number of aliphatic hydroxyl groups excluding tert-OH is 6. The number of nitrogens with one attached hydrogen (secondary N) is 7. The van der Waals surface area contributed by atoms with Gasteiger partial charge in [-0.1, -0.05) is 62.2 Å². The summed E-state index contributed by atoms with van der Waals surface area (Å²) in [5.41, 5.74) is 3.84. The van der Waals surface area contributed by atoms with E-state index in [1.165, 1.54) is 74.5 Å². The van der Waals surface area contributed by atoms with Crippen LogP contribution in [0, 0.1) is 47.3 Å². The van der Waals surface area contributed by atoms with Crippen molar-refractivity contribution in [1.82, 2.24) is 37.2 Å². The van der Waals surface area contributed by atoms with Gasteiger partial charge < -0.3 is 121 Å². The fourth-order valence-corrected chi connectivity index (χ4v) is 20.3. The van der Waals surface area contributed by atoms with Gasteiger partial charge in [0, 0.05) is 79.4 Å².